The molecule has 0 bridgehead atoms. The van der Waals surface area contributed by atoms with E-state index in [0.717, 1.165) is 0 Å². The van der Waals surface area contributed by atoms with Gasteiger partial charge in [-0.1, -0.05) is 23.7 Å². The van der Waals surface area contributed by atoms with E-state index in [2.05, 4.69) is 10.6 Å². The van der Waals surface area contributed by atoms with E-state index in [9.17, 15) is 4.79 Å². The molecular weight excluding hydrogens is 256 g/mol. The Morgan fingerprint density at radius 1 is 1.28 bits per heavy atom. The molecule has 6 heteroatoms. The Kier molecular flexibility index (Phi) is 6.98. The van der Waals surface area contributed by atoms with Gasteiger partial charge in [0.2, 0.25) is 0 Å². The minimum atomic E-state index is -0.290. The van der Waals surface area contributed by atoms with Gasteiger partial charge in [0.05, 0.1) is 18.2 Å². The fourth-order valence-electron chi connectivity index (χ4n) is 1.25. The Morgan fingerprint density at radius 2 is 2.00 bits per heavy atom. The molecule has 1 aromatic carbocycles. The summed E-state index contributed by atoms with van der Waals surface area (Å²) in [5, 5.41) is 14.2. The lowest BCUT2D eigenvalue weighted by molar-refractivity contribution is 0.232. The predicted octanol–water partition coefficient (Wildman–Crippen LogP) is 1.40. The first-order valence-electron chi connectivity index (χ1n) is 5.74. The van der Waals surface area contributed by atoms with E-state index in [4.69, 9.17) is 21.4 Å². The number of halogens is 1. The number of aliphatic hydroxyl groups is 1. The van der Waals surface area contributed by atoms with Crippen LogP contribution in [-0.2, 0) is 0 Å². The van der Waals surface area contributed by atoms with Crippen molar-refractivity contribution in [2.45, 2.75) is 6.42 Å². The molecule has 0 aromatic heterocycles. The van der Waals surface area contributed by atoms with Gasteiger partial charge in [-0.05, 0) is 18.6 Å². The molecule has 0 saturated carbocycles. The van der Waals surface area contributed by atoms with Crippen molar-refractivity contribution in [3.63, 3.8) is 0 Å². The molecule has 1 aromatic rings. The summed E-state index contributed by atoms with van der Waals surface area (Å²) in [6, 6.07) is 6.95. The molecule has 0 aliphatic rings. The zero-order chi connectivity index (χ0) is 13.2. The van der Waals surface area contributed by atoms with Crippen LogP contribution >= 0.6 is 11.6 Å². The highest BCUT2D eigenvalue weighted by molar-refractivity contribution is 6.32. The predicted molar refractivity (Wildman–Crippen MR) is 70.1 cm³/mol. The van der Waals surface area contributed by atoms with Crippen LogP contribution in [0.1, 0.15) is 6.42 Å². The molecule has 0 atom stereocenters. The Bertz CT molecular complexity index is 374. The number of carbonyl (C=O) groups excluding carboxylic acids is 1. The maximum absolute atomic E-state index is 11.1. The van der Waals surface area contributed by atoms with Crippen LogP contribution in [0.2, 0.25) is 5.02 Å². The van der Waals surface area contributed by atoms with Crippen LogP contribution in [0.15, 0.2) is 24.3 Å². The maximum Gasteiger partial charge on any atom is 0.314 e. The van der Waals surface area contributed by atoms with Crippen molar-refractivity contribution >= 4 is 17.6 Å². The van der Waals surface area contributed by atoms with Gasteiger partial charge in [-0.15, -0.1) is 0 Å². The molecule has 5 nitrogen and oxygen atoms in total. The minimum absolute atomic E-state index is 0.0664. The molecule has 0 aliphatic heterocycles. The SMILES string of the molecule is O=C(NCCO)NCCCOc1ccccc1Cl. The number of urea groups is 1. The van der Waals surface area contributed by atoms with Gasteiger partial charge in [-0.25, -0.2) is 4.79 Å². The first-order chi connectivity index (χ1) is 8.74. The van der Waals surface area contributed by atoms with Crippen molar-refractivity contribution in [3.05, 3.63) is 29.3 Å². The van der Waals surface area contributed by atoms with E-state index in [-0.39, 0.29) is 19.2 Å². The molecule has 1 rings (SSSR count). The summed E-state index contributed by atoms with van der Waals surface area (Å²) in [5.41, 5.74) is 0. The second-order valence-electron chi connectivity index (χ2n) is 3.54. The number of rotatable bonds is 7. The van der Waals surface area contributed by atoms with Gasteiger partial charge in [0, 0.05) is 13.1 Å². The van der Waals surface area contributed by atoms with Crippen LogP contribution in [0, 0.1) is 0 Å². The number of amides is 2. The van der Waals surface area contributed by atoms with Crippen LogP contribution in [0.5, 0.6) is 5.75 Å². The summed E-state index contributed by atoms with van der Waals surface area (Å²) < 4.78 is 5.46. The fraction of sp³-hybridized carbons (Fsp3) is 0.417. The summed E-state index contributed by atoms with van der Waals surface area (Å²) >= 11 is 5.92. The number of ether oxygens (including phenoxy) is 1. The Labute approximate surface area is 111 Å². The van der Waals surface area contributed by atoms with Gasteiger partial charge >= 0.3 is 6.03 Å². The van der Waals surface area contributed by atoms with Crippen molar-refractivity contribution in [2.75, 3.05) is 26.3 Å². The number of aliphatic hydroxyl groups excluding tert-OH is 1. The number of hydrogen-bond donors (Lipinski definition) is 3. The van der Waals surface area contributed by atoms with Gasteiger partial charge in [-0.3, -0.25) is 0 Å². The normalized spacial score (nSPS) is 9.89. The second-order valence-corrected chi connectivity index (χ2v) is 3.95. The molecule has 0 saturated heterocycles. The van der Waals surface area contributed by atoms with Crippen molar-refractivity contribution in [1.29, 1.82) is 0 Å². The van der Waals surface area contributed by atoms with Crippen LogP contribution in [0.3, 0.4) is 0 Å². The van der Waals surface area contributed by atoms with Crippen molar-refractivity contribution in [3.8, 4) is 5.75 Å². The van der Waals surface area contributed by atoms with Crippen molar-refractivity contribution in [2.24, 2.45) is 0 Å². The van der Waals surface area contributed by atoms with Crippen LogP contribution in [-0.4, -0.2) is 37.4 Å². The second kappa shape index (κ2) is 8.60. The number of hydrogen-bond acceptors (Lipinski definition) is 3. The average molecular weight is 273 g/mol. The Hall–Kier alpha value is -1.46. The highest BCUT2D eigenvalue weighted by atomic mass is 35.5. The molecule has 0 aliphatic carbocycles. The zero-order valence-corrected chi connectivity index (χ0v) is 10.7. The third-order valence-electron chi connectivity index (χ3n) is 2.10. The van der Waals surface area contributed by atoms with Crippen molar-refractivity contribution in [1.82, 2.24) is 10.6 Å². The molecule has 0 heterocycles. The van der Waals surface area contributed by atoms with Crippen LogP contribution in [0.25, 0.3) is 0 Å². The van der Waals surface area contributed by atoms with E-state index in [1.807, 2.05) is 12.1 Å². The summed E-state index contributed by atoms with van der Waals surface area (Å²) in [6.07, 6.45) is 0.678. The third kappa shape index (κ3) is 5.75. The largest absolute Gasteiger partial charge is 0.492 e. The van der Waals surface area contributed by atoms with Crippen LogP contribution in [0.4, 0.5) is 4.79 Å². The standard InChI is InChI=1S/C12H17ClN2O3/c13-10-4-1-2-5-11(10)18-9-3-6-14-12(17)15-7-8-16/h1-2,4-5,16H,3,6-9H2,(H2,14,15,17). The molecule has 3 N–H and O–H groups in total. The summed E-state index contributed by atoms with van der Waals surface area (Å²) in [5.74, 6) is 0.642. The first-order valence-corrected chi connectivity index (χ1v) is 6.11. The maximum atomic E-state index is 11.1. The van der Waals surface area contributed by atoms with E-state index in [0.29, 0.717) is 30.3 Å². The highest BCUT2D eigenvalue weighted by Gasteiger charge is 2.00. The van der Waals surface area contributed by atoms with Crippen LogP contribution < -0.4 is 15.4 Å². The summed E-state index contributed by atoms with van der Waals surface area (Å²) in [7, 11) is 0. The lowest BCUT2D eigenvalue weighted by Gasteiger charge is -2.08. The van der Waals surface area contributed by atoms with Gasteiger partial charge in [-0.2, -0.15) is 0 Å². The zero-order valence-electron chi connectivity index (χ0n) is 9.99. The quantitative estimate of drug-likeness (QED) is 0.657. The Morgan fingerprint density at radius 3 is 2.72 bits per heavy atom. The number of nitrogens with one attached hydrogen (secondary N) is 2. The number of benzene rings is 1. The molecule has 0 unspecified atom stereocenters. The van der Waals surface area contributed by atoms with Crippen molar-refractivity contribution < 1.29 is 14.6 Å². The van der Waals surface area contributed by atoms with Gasteiger partial charge < -0.3 is 20.5 Å². The van der Waals surface area contributed by atoms with E-state index < -0.39 is 0 Å². The van der Waals surface area contributed by atoms with E-state index in [1.165, 1.54) is 0 Å². The first kappa shape index (κ1) is 14.6. The smallest absolute Gasteiger partial charge is 0.314 e. The summed E-state index contributed by atoms with van der Waals surface area (Å²) in [6.45, 7) is 1.16. The molecule has 0 spiro atoms. The Balaban J connectivity index is 2.09. The van der Waals surface area contributed by atoms with Gasteiger partial charge in [0.25, 0.3) is 0 Å². The fourth-order valence-corrected chi connectivity index (χ4v) is 1.44. The highest BCUT2D eigenvalue weighted by Crippen LogP contribution is 2.22. The molecule has 0 radical (unpaired) electrons. The topological polar surface area (TPSA) is 70.6 Å². The van der Waals surface area contributed by atoms with E-state index in [1.54, 1.807) is 12.1 Å². The number of para-hydroxylation sites is 1. The average Bonchev–Trinajstić information content (AvgIpc) is 2.38. The van der Waals surface area contributed by atoms with E-state index >= 15 is 0 Å². The van der Waals surface area contributed by atoms with Gasteiger partial charge in [0.1, 0.15) is 5.75 Å². The minimum Gasteiger partial charge on any atom is -0.492 e. The summed E-state index contributed by atoms with van der Waals surface area (Å²) in [4.78, 5) is 11.1. The molecule has 0 fully saturated rings. The third-order valence-corrected chi connectivity index (χ3v) is 2.41. The monoisotopic (exact) mass is 272 g/mol. The molecule has 2 amide bonds. The lowest BCUT2D eigenvalue weighted by Crippen LogP contribution is -2.37. The molecular formula is C12H17ClN2O3. The molecule has 100 valence electrons. The number of carbonyl (C=O) groups is 1. The van der Waals surface area contributed by atoms with Gasteiger partial charge in [0.15, 0.2) is 0 Å². The molecule has 18 heavy (non-hydrogen) atoms. The lowest BCUT2D eigenvalue weighted by atomic mass is 10.3.